The highest BCUT2D eigenvalue weighted by molar-refractivity contribution is 7.89. The number of hydrogen-bond donors (Lipinski definition) is 2. The summed E-state index contributed by atoms with van der Waals surface area (Å²) in [5, 5.41) is 2.81. The molecule has 3 aromatic rings. The van der Waals surface area contributed by atoms with Crippen molar-refractivity contribution in [3.63, 3.8) is 0 Å². The van der Waals surface area contributed by atoms with E-state index in [0.29, 0.717) is 13.2 Å². The molecular formula is C23H25N3O4S. The number of sulfonamides is 1. The molecule has 2 N–H and O–H groups in total. The maximum absolute atomic E-state index is 12.5. The van der Waals surface area contributed by atoms with Crippen LogP contribution in [-0.2, 0) is 23.2 Å². The van der Waals surface area contributed by atoms with Crippen LogP contribution in [0.25, 0.3) is 0 Å². The Bertz CT molecular complexity index is 1120. The van der Waals surface area contributed by atoms with Crippen LogP contribution in [0.3, 0.4) is 0 Å². The number of nitrogens with zero attached hydrogens (tertiary/aromatic N) is 1. The Balaban J connectivity index is 1.56. The average molecular weight is 440 g/mol. The van der Waals surface area contributed by atoms with E-state index in [-0.39, 0.29) is 22.4 Å². The molecule has 0 saturated heterocycles. The highest BCUT2D eigenvalue weighted by atomic mass is 32.2. The van der Waals surface area contributed by atoms with Crippen molar-refractivity contribution in [2.24, 2.45) is 0 Å². The lowest BCUT2D eigenvalue weighted by Gasteiger charge is -2.11. The average Bonchev–Trinajstić information content (AvgIpc) is 2.77. The number of pyridine rings is 1. The molecule has 0 aliphatic heterocycles. The van der Waals surface area contributed by atoms with Crippen LogP contribution in [0.15, 0.2) is 78.0 Å². The summed E-state index contributed by atoms with van der Waals surface area (Å²) in [6.07, 6.45) is 3.47. The summed E-state index contributed by atoms with van der Waals surface area (Å²) in [7, 11) is -3.66. The van der Waals surface area contributed by atoms with Gasteiger partial charge in [0.05, 0.1) is 4.90 Å². The highest BCUT2D eigenvalue weighted by Gasteiger charge is 2.17. The summed E-state index contributed by atoms with van der Waals surface area (Å²) >= 11 is 0. The highest BCUT2D eigenvalue weighted by Crippen LogP contribution is 2.15. The van der Waals surface area contributed by atoms with Gasteiger partial charge in [-0.15, -0.1) is 0 Å². The van der Waals surface area contributed by atoms with E-state index in [4.69, 9.17) is 4.74 Å². The molecule has 0 saturated carbocycles. The topological polar surface area (TPSA) is 97.4 Å². The predicted octanol–water partition coefficient (Wildman–Crippen LogP) is 3.28. The molecule has 0 aliphatic carbocycles. The third-order valence-electron chi connectivity index (χ3n) is 4.30. The zero-order valence-electron chi connectivity index (χ0n) is 17.4. The lowest BCUT2D eigenvalue weighted by atomic mass is 10.2. The van der Waals surface area contributed by atoms with E-state index in [0.717, 1.165) is 16.9 Å². The van der Waals surface area contributed by atoms with Crippen LogP contribution >= 0.6 is 0 Å². The van der Waals surface area contributed by atoms with Crippen molar-refractivity contribution in [3.8, 4) is 5.75 Å². The van der Waals surface area contributed by atoms with Gasteiger partial charge in [0, 0.05) is 36.1 Å². The number of ether oxygens (including phenoxy) is 1. The van der Waals surface area contributed by atoms with Crippen LogP contribution < -0.4 is 14.8 Å². The van der Waals surface area contributed by atoms with E-state index < -0.39 is 10.0 Å². The number of carbonyl (C=O) groups is 1. The molecule has 2 aromatic carbocycles. The van der Waals surface area contributed by atoms with Crippen LogP contribution in [0, 0.1) is 0 Å². The number of nitrogens with one attached hydrogen (secondary N) is 2. The van der Waals surface area contributed by atoms with E-state index in [1.807, 2.05) is 36.4 Å². The molecule has 0 atom stereocenters. The van der Waals surface area contributed by atoms with Gasteiger partial charge in [-0.05, 0) is 55.8 Å². The van der Waals surface area contributed by atoms with Crippen molar-refractivity contribution in [1.82, 2.24) is 15.0 Å². The Hall–Kier alpha value is -3.23. The van der Waals surface area contributed by atoms with E-state index in [1.165, 1.54) is 12.1 Å². The van der Waals surface area contributed by atoms with E-state index in [1.54, 1.807) is 38.4 Å². The number of benzene rings is 2. The zero-order valence-corrected chi connectivity index (χ0v) is 18.2. The molecule has 162 valence electrons. The standard InChI is InChI=1S/C23H25N3O4S/c1-17(2)26-31(28,29)22-7-3-6-20(13-22)23(27)25-15-18-8-10-21(11-9-18)30-16-19-5-4-12-24-14-19/h3-14,17,26H,15-16H2,1-2H3,(H,25,27). The van der Waals surface area contributed by atoms with Crippen LogP contribution in [-0.4, -0.2) is 25.4 Å². The smallest absolute Gasteiger partial charge is 0.251 e. The monoisotopic (exact) mass is 439 g/mol. The fourth-order valence-electron chi connectivity index (χ4n) is 2.82. The predicted molar refractivity (Wildman–Crippen MR) is 118 cm³/mol. The van der Waals surface area contributed by atoms with E-state index in [2.05, 4.69) is 15.0 Å². The van der Waals surface area contributed by atoms with Crippen LogP contribution in [0.4, 0.5) is 0 Å². The second-order valence-electron chi connectivity index (χ2n) is 7.28. The first-order valence-corrected chi connectivity index (χ1v) is 11.3. The first-order valence-electron chi connectivity index (χ1n) is 9.85. The minimum Gasteiger partial charge on any atom is -0.489 e. The Morgan fingerprint density at radius 2 is 1.81 bits per heavy atom. The van der Waals surface area contributed by atoms with Crippen molar-refractivity contribution in [2.45, 2.75) is 37.9 Å². The molecule has 0 unspecified atom stereocenters. The fraction of sp³-hybridized carbons (Fsp3) is 0.217. The van der Waals surface area contributed by atoms with Gasteiger partial charge in [-0.2, -0.15) is 0 Å². The van der Waals surface area contributed by atoms with Gasteiger partial charge in [-0.1, -0.05) is 24.3 Å². The number of hydrogen-bond acceptors (Lipinski definition) is 5. The molecule has 0 spiro atoms. The Morgan fingerprint density at radius 3 is 2.48 bits per heavy atom. The van der Waals surface area contributed by atoms with Crippen molar-refractivity contribution < 1.29 is 17.9 Å². The van der Waals surface area contributed by atoms with E-state index in [9.17, 15) is 13.2 Å². The van der Waals surface area contributed by atoms with Crippen LogP contribution in [0.1, 0.15) is 35.3 Å². The van der Waals surface area contributed by atoms with Gasteiger partial charge in [0.1, 0.15) is 12.4 Å². The van der Waals surface area contributed by atoms with Crippen molar-refractivity contribution in [2.75, 3.05) is 0 Å². The molecule has 1 aromatic heterocycles. The van der Waals surface area contributed by atoms with Gasteiger partial charge >= 0.3 is 0 Å². The summed E-state index contributed by atoms with van der Waals surface area (Å²) in [6, 6.07) is 16.9. The minimum absolute atomic E-state index is 0.0592. The van der Waals surface area contributed by atoms with Gasteiger partial charge in [0.15, 0.2) is 0 Å². The van der Waals surface area contributed by atoms with Gasteiger partial charge in [-0.3, -0.25) is 9.78 Å². The van der Waals surface area contributed by atoms with Crippen molar-refractivity contribution >= 4 is 15.9 Å². The zero-order chi connectivity index (χ0) is 22.3. The number of rotatable bonds is 9. The van der Waals surface area contributed by atoms with Gasteiger partial charge in [0.2, 0.25) is 10.0 Å². The summed E-state index contributed by atoms with van der Waals surface area (Å²) < 4.78 is 32.9. The van der Waals surface area contributed by atoms with E-state index >= 15 is 0 Å². The van der Waals surface area contributed by atoms with Gasteiger partial charge in [-0.25, -0.2) is 13.1 Å². The lowest BCUT2D eigenvalue weighted by molar-refractivity contribution is 0.0950. The first kappa shape index (κ1) is 22.5. The Kier molecular flexibility index (Phi) is 7.38. The Labute approximate surface area is 182 Å². The molecule has 3 rings (SSSR count). The number of amides is 1. The summed E-state index contributed by atoms with van der Waals surface area (Å²) in [6.45, 7) is 4.21. The molecule has 1 heterocycles. The molecule has 1 amide bonds. The Morgan fingerprint density at radius 1 is 1.03 bits per heavy atom. The largest absolute Gasteiger partial charge is 0.489 e. The molecule has 31 heavy (non-hydrogen) atoms. The summed E-state index contributed by atoms with van der Waals surface area (Å²) in [5.74, 6) is 0.369. The molecule has 0 bridgehead atoms. The van der Waals surface area contributed by atoms with Crippen molar-refractivity contribution in [1.29, 1.82) is 0 Å². The summed E-state index contributed by atoms with van der Waals surface area (Å²) in [4.78, 5) is 16.6. The SMILES string of the molecule is CC(C)NS(=O)(=O)c1cccc(C(=O)NCc2ccc(OCc3cccnc3)cc2)c1. The number of aromatic nitrogens is 1. The fourth-order valence-corrected chi connectivity index (χ4v) is 4.12. The minimum atomic E-state index is -3.66. The quantitative estimate of drug-likeness (QED) is 0.533. The van der Waals surface area contributed by atoms with Crippen molar-refractivity contribution in [3.05, 3.63) is 89.7 Å². The summed E-state index contributed by atoms with van der Waals surface area (Å²) in [5.41, 5.74) is 2.15. The molecule has 0 fully saturated rings. The first-order chi connectivity index (χ1) is 14.8. The molecule has 8 heteroatoms. The van der Waals surface area contributed by atoms with Crippen LogP contribution in [0.5, 0.6) is 5.75 Å². The second-order valence-corrected chi connectivity index (χ2v) is 8.99. The normalized spacial score (nSPS) is 11.3. The molecular weight excluding hydrogens is 414 g/mol. The molecule has 7 nitrogen and oxygen atoms in total. The maximum atomic E-state index is 12.5. The third-order valence-corrected chi connectivity index (χ3v) is 5.96. The van der Waals surface area contributed by atoms with Gasteiger partial charge < -0.3 is 10.1 Å². The maximum Gasteiger partial charge on any atom is 0.251 e. The number of carbonyl (C=O) groups excluding carboxylic acids is 1. The van der Waals surface area contributed by atoms with Crippen LogP contribution in [0.2, 0.25) is 0 Å². The van der Waals surface area contributed by atoms with Gasteiger partial charge in [0.25, 0.3) is 5.91 Å². The molecule has 0 aliphatic rings. The second kappa shape index (κ2) is 10.2. The third kappa shape index (κ3) is 6.63. The molecule has 0 radical (unpaired) electrons. The lowest BCUT2D eigenvalue weighted by Crippen LogP contribution is -2.30.